The molecule has 7 nitrogen and oxygen atoms in total. The topological polar surface area (TPSA) is 100 Å². The fourth-order valence-electron chi connectivity index (χ4n) is 5.20. The van der Waals surface area contributed by atoms with Crippen molar-refractivity contribution in [3.05, 3.63) is 94.9 Å². The van der Waals surface area contributed by atoms with E-state index >= 15 is 0 Å². The predicted octanol–water partition coefficient (Wildman–Crippen LogP) is 6.65. The number of carbonyl (C=O) groups is 1. The molecule has 0 saturated heterocycles. The van der Waals surface area contributed by atoms with Gasteiger partial charge in [-0.05, 0) is 50.1 Å². The van der Waals surface area contributed by atoms with Gasteiger partial charge in [0.1, 0.15) is 29.7 Å². The fraction of sp³-hybridized carbons (Fsp3) is 0.200. The Bertz CT molecular complexity index is 1740. The summed E-state index contributed by atoms with van der Waals surface area (Å²) >= 11 is 0. The first-order valence-electron chi connectivity index (χ1n) is 12.5. The number of hydrogen-bond donors (Lipinski definition) is 3. The second kappa shape index (κ2) is 9.27. The molecule has 1 aliphatic heterocycles. The van der Waals surface area contributed by atoms with Crippen LogP contribution in [0.2, 0.25) is 0 Å². The highest BCUT2D eigenvalue weighted by molar-refractivity contribution is 5.85. The first kappa shape index (κ1) is 24.7. The number of benzene rings is 3. The number of ether oxygens (including phenoxy) is 2. The zero-order valence-corrected chi connectivity index (χ0v) is 21.3. The number of imidazole rings is 1. The van der Waals surface area contributed by atoms with Crippen molar-refractivity contribution >= 4 is 16.9 Å². The molecule has 0 bridgehead atoms. The van der Waals surface area contributed by atoms with E-state index in [1.54, 1.807) is 19.3 Å². The third-order valence-electron chi connectivity index (χ3n) is 7.40. The molecule has 39 heavy (non-hydrogen) atoms. The number of carboxylic acids is 1. The Morgan fingerprint density at radius 3 is 2.85 bits per heavy atom. The summed E-state index contributed by atoms with van der Waals surface area (Å²) in [6.45, 7) is 4.09. The van der Waals surface area contributed by atoms with E-state index in [2.05, 4.69) is 15.0 Å². The molecule has 3 aromatic carbocycles. The molecule has 5 aromatic rings. The van der Waals surface area contributed by atoms with Gasteiger partial charge in [0, 0.05) is 52.6 Å². The summed E-state index contributed by atoms with van der Waals surface area (Å²) < 4.78 is 41.7. The van der Waals surface area contributed by atoms with E-state index in [4.69, 9.17) is 14.6 Å². The monoisotopic (exact) mass is 529 g/mol. The predicted molar refractivity (Wildman–Crippen MR) is 141 cm³/mol. The van der Waals surface area contributed by atoms with E-state index in [9.17, 15) is 13.6 Å². The van der Waals surface area contributed by atoms with Gasteiger partial charge in [0.25, 0.3) is 0 Å². The minimum atomic E-state index is -0.872. The maximum absolute atomic E-state index is 15.0. The summed E-state index contributed by atoms with van der Waals surface area (Å²) in [5, 5.41) is 9.92. The number of halogens is 2. The van der Waals surface area contributed by atoms with Crippen molar-refractivity contribution in [3.63, 3.8) is 0 Å². The number of nitrogens with one attached hydrogen (secondary N) is 2. The molecule has 3 N–H and O–H groups in total. The first-order valence-corrected chi connectivity index (χ1v) is 12.5. The highest BCUT2D eigenvalue weighted by atomic mass is 19.1. The number of aromatic amines is 2. The molecule has 0 spiro atoms. The summed E-state index contributed by atoms with van der Waals surface area (Å²) in [6, 6.07) is 13.1. The van der Waals surface area contributed by atoms with Crippen molar-refractivity contribution in [2.24, 2.45) is 0 Å². The lowest BCUT2D eigenvalue weighted by atomic mass is 9.81. The summed E-state index contributed by atoms with van der Waals surface area (Å²) in [5.41, 5.74) is 3.33. The van der Waals surface area contributed by atoms with Gasteiger partial charge in [-0.1, -0.05) is 18.2 Å². The SMILES string of the molecule is Cc1c(Oc2ccc(F)c(-c3ncc([C@@]4(C)COc5c(CCC(=O)O)cccc54)[nH]3)c2)c(F)cc2[nH]ccc12. The molecule has 9 heteroatoms. The molecule has 0 saturated carbocycles. The van der Waals surface area contributed by atoms with Gasteiger partial charge in [0.2, 0.25) is 0 Å². The van der Waals surface area contributed by atoms with Gasteiger partial charge in [-0.3, -0.25) is 4.79 Å². The lowest BCUT2D eigenvalue weighted by Crippen LogP contribution is -2.25. The molecule has 2 aromatic heterocycles. The van der Waals surface area contributed by atoms with Gasteiger partial charge >= 0.3 is 5.97 Å². The molecular weight excluding hydrogens is 504 g/mol. The summed E-state index contributed by atoms with van der Waals surface area (Å²) in [6.07, 6.45) is 3.74. The molecule has 1 atom stereocenters. The van der Waals surface area contributed by atoms with Gasteiger partial charge in [-0.25, -0.2) is 13.8 Å². The minimum Gasteiger partial charge on any atom is -0.492 e. The first-order chi connectivity index (χ1) is 18.7. The standard InChI is InChI=1S/C30H25F2N3O4/c1-16-19-10-11-33-24(19)13-23(32)27(16)39-18-7-8-22(31)20(12-18)29-34-14-25(35-29)30(2)15-38-28-17(6-9-26(36)37)4-3-5-21(28)30/h3-5,7-8,10-14,33H,6,9,15H2,1-2H3,(H,34,35)(H,36,37)/t30-/m0/s1. The number of aromatic nitrogens is 3. The van der Waals surface area contributed by atoms with Crippen LogP contribution in [0.3, 0.4) is 0 Å². The van der Waals surface area contributed by atoms with Crippen LogP contribution in [0.15, 0.2) is 60.9 Å². The van der Waals surface area contributed by atoms with Crippen LogP contribution in [-0.4, -0.2) is 32.6 Å². The molecule has 6 rings (SSSR count). The summed E-state index contributed by atoms with van der Waals surface area (Å²) in [4.78, 5) is 21.7. The number of fused-ring (bicyclic) bond motifs is 2. The van der Waals surface area contributed by atoms with Crippen molar-refractivity contribution in [2.75, 3.05) is 6.61 Å². The molecule has 0 aliphatic carbocycles. The van der Waals surface area contributed by atoms with Gasteiger partial charge < -0.3 is 24.5 Å². The average Bonchev–Trinajstić information content (AvgIpc) is 3.66. The number of aryl methyl sites for hydroxylation is 2. The Labute approximate surface area is 222 Å². The van der Waals surface area contributed by atoms with E-state index in [0.717, 1.165) is 22.2 Å². The summed E-state index contributed by atoms with van der Waals surface area (Å²) in [7, 11) is 0. The number of rotatable bonds is 7. The van der Waals surface area contributed by atoms with Crippen molar-refractivity contribution in [1.29, 1.82) is 0 Å². The van der Waals surface area contributed by atoms with Crippen molar-refractivity contribution in [2.45, 2.75) is 32.1 Å². The van der Waals surface area contributed by atoms with Gasteiger partial charge in [0.15, 0.2) is 11.6 Å². The normalized spacial score (nSPS) is 16.3. The number of aliphatic carboxylic acids is 1. The zero-order valence-electron chi connectivity index (χ0n) is 21.3. The van der Waals surface area contributed by atoms with E-state index in [0.29, 0.717) is 35.7 Å². The molecule has 0 radical (unpaired) electrons. The van der Waals surface area contributed by atoms with Crippen LogP contribution in [-0.2, 0) is 16.6 Å². The van der Waals surface area contributed by atoms with Crippen LogP contribution in [0.1, 0.15) is 35.7 Å². The highest BCUT2D eigenvalue weighted by Crippen LogP contribution is 2.45. The van der Waals surface area contributed by atoms with Crippen LogP contribution in [0.25, 0.3) is 22.3 Å². The van der Waals surface area contributed by atoms with Gasteiger partial charge in [-0.15, -0.1) is 0 Å². The number of para-hydroxylation sites is 1. The highest BCUT2D eigenvalue weighted by Gasteiger charge is 2.40. The third kappa shape index (κ3) is 4.20. The Kier molecular flexibility index (Phi) is 5.86. The van der Waals surface area contributed by atoms with Gasteiger partial charge in [-0.2, -0.15) is 0 Å². The summed E-state index contributed by atoms with van der Waals surface area (Å²) in [5.74, 6) is -0.591. The lowest BCUT2D eigenvalue weighted by Gasteiger charge is -2.21. The van der Waals surface area contributed by atoms with E-state index in [-0.39, 0.29) is 23.5 Å². The lowest BCUT2D eigenvalue weighted by molar-refractivity contribution is -0.136. The third-order valence-corrected chi connectivity index (χ3v) is 7.40. The second-order valence-electron chi connectivity index (χ2n) is 9.95. The molecule has 1 aliphatic rings. The molecule has 0 fully saturated rings. The van der Waals surface area contributed by atoms with Crippen LogP contribution in [0.4, 0.5) is 8.78 Å². The maximum Gasteiger partial charge on any atom is 0.303 e. The zero-order chi connectivity index (χ0) is 27.3. The van der Waals surface area contributed by atoms with Crippen molar-refractivity contribution in [3.8, 4) is 28.6 Å². The fourth-order valence-corrected chi connectivity index (χ4v) is 5.20. The van der Waals surface area contributed by atoms with Crippen LogP contribution < -0.4 is 9.47 Å². The van der Waals surface area contributed by atoms with Crippen LogP contribution >= 0.6 is 0 Å². The number of carboxylic acid groups (broad SMARTS) is 1. The van der Waals surface area contributed by atoms with Crippen LogP contribution in [0, 0.1) is 18.6 Å². The molecule has 0 amide bonds. The Balaban J connectivity index is 1.32. The largest absolute Gasteiger partial charge is 0.492 e. The molecule has 0 unspecified atom stereocenters. The van der Waals surface area contributed by atoms with E-state index < -0.39 is 23.0 Å². The molecule has 3 heterocycles. The van der Waals surface area contributed by atoms with E-state index in [1.807, 2.05) is 31.2 Å². The van der Waals surface area contributed by atoms with Gasteiger partial charge in [0.05, 0.1) is 11.0 Å². The average molecular weight is 530 g/mol. The number of H-pyrrole nitrogens is 2. The smallest absolute Gasteiger partial charge is 0.303 e. The maximum atomic E-state index is 15.0. The quantitative estimate of drug-likeness (QED) is 0.219. The van der Waals surface area contributed by atoms with Crippen molar-refractivity contribution < 1.29 is 28.2 Å². The Morgan fingerprint density at radius 1 is 1.18 bits per heavy atom. The Hall–Kier alpha value is -4.66. The minimum absolute atomic E-state index is 0.00485. The molecule has 198 valence electrons. The van der Waals surface area contributed by atoms with Crippen LogP contribution in [0.5, 0.6) is 17.2 Å². The van der Waals surface area contributed by atoms with E-state index in [1.165, 1.54) is 24.3 Å². The second-order valence-corrected chi connectivity index (χ2v) is 9.95. The van der Waals surface area contributed by atoms with Crippen molar-refractivity contribution in [1.82, 2.24) is 15.0 Å². The Morgan fingerprint density at radius 2 is 2.03 bits per heavy atom. The number of hydrogen-bond acceptors (Lipinski definition) is 4. The number of nitrogens with zero attached hydrogens (tertiary/aromatic N) is 1. The molecular formula is C30H25F2N3O4.